The fourth-order valence-electron chi connectivity index (χ4n) is 2.03. The molecule has 0 bridgehead atoms. The number of piperidine rings is 1. The van der Waals surface area contributed by atoms with E-state index in [1.807, 2.05) is 0 Å². The minimum absolute atomic E-state index is 0.168. The van der Waals surface area contributed by atoms with Crippen molar-refractivity contribution < 1.29 is 17.9 Å². The zero-order valence-corrected chi connectivity index (χ0v) is 12.0. The first-order valence-corrected chi connectivity index (χ1v) is 7.72. The van der Waals surface area contributed by atoms with E-state index in [9.17, 15) is 17.9 Å². The maximum Gasteiger partial charge on any atom is 0.246 e. The van der Waals surface area contributed by atoms with Gasteiger partial charge in [-0.15, -0.1) is 0 Å². The van der Waals surface area contributed by atoms with Gasteiger partial charge in [-0.2, -0.15) is 4.31 Å². The van der Waals surface area contributed by atoms with Gasteiger partial charge in [-0.3, -0.25) is 0 Å². The fraction of sp³-hybridized carbons (Fsp3) is 0.500. The van der Waals surface area contributed by atoms with Gasteiger partial charge in [0, 0.05) is 13.1 Å². The van der Waals surface area contributed by atoms with Crippen molar-refractivity contribution in [1.82, 2.24) is 4.31 Å². The highest BCUT2D eigenvalue weighted by Crippen LogP contribution is 2.29. The maximum absolute atomic E-state index is 13.8. The Bertz CT molecular complexity index is 579. The van der Waals surface area contributed by atoms with Crippen LogP contribution in [0.2, 0.25) is 5.02 Å². The van der Waals surface area contributed by atoms with Gasteiger partial charge in [0.2, 0.25) is 10.0 Å². The van der Waals surface area contributed by atoms with E-state index in [-0.39, 0.29) is 18.1 Å². The average Bonchev–Trinajstić information content (AvgIpc) is 2.32. The number of halogens is 2. The molecule has 19 heavy (non-hydrogen) atoms. The number of hydrogen-bond donors (Lipinski definition) is 1. The van der Waals surface area contributed by atoms with Gasteiger partial charge < -0.3 is 5.11 Å². The van der Waals surface area contributed by atoms with Gasteiger partial charge in [-0.05, 0) is 31.9 Å². The Labute approximate surface area is 116 Å². The molecule has 1 aromatic carbocycles. The molecule has 0 atom stereocenters. The van der Waals surface area contributed by atoms with Gasteiger partial charge in [-0.1, -0.05) is 17.7 Å². The quantitative estimate of drug-likeness (QED) is 0.909. The minimum Gasteiger partial charge on any atom is -0.390 e. The molecule has 1 heterocycles. The Balaban J connectivity index is 2.31. The summed E-state index contributed by atoms with van der Waals surface area (Å²) in [6.45, 7) is 2.00. The predicted octanol–water partition coefficient (Wildman–Crippen LogP) is 2.01. The lowest BCUT2D eigenvalue weighted by Gasteiger charge is -2.35. The Kier molecular flexibility index (Phi) is 3.88. The van der Waals surface area contributed by atoms with Crippen LogP contribution in [0.25, 0.3) is 0 Å². The maximum atomic E-state index is 13.8. The van der Waals surface area contributed by atoms with Gasteiger partial charge in [-0.25, -0.2) is 12.8 Å². The number of hydrogen-bond acceptors (Lipinski definition) is 3. The van der Waals surface area contributed by atoms with Crippen LogP contribution in [0, 0.1) is 5.82 Å². The van der Waals surface area contributed by atoms with Crippen molar-refractivity contribution in [3.63, 3.8) is 0 Å². The third kappa shape index (κ3) is 2.91. The Morgan fingerprint density at radius 1 is 1.37 bits per heavy atom. The molecule has 0 aliphatic carbocycles. The molecule has 0 spiro atoms. The molecule has 106 valence electrons. The summed E-state index contributed by atoms with van der Waals surface area (Å²) >= 11 is 5.61. The molecule has 1 fully saturated rings. The van der Waals surface area contributed by atoms with Gasteiger partial charge in [0.25, 0.3) is 0 Å². The molecule has 0 aromatic heterocycles. The summed E-state index contributed by atoms with van der Waals surface area (Å²) in [5, 5.41) is 9.59. The lowest BCUT2D eigenvalue weighted by molar-refractivity contribution is 0.0126. The lowest BCUT2D eigenvalue weighted by Crippen LogP contribution is -2.45. The van der Waals surface area contributed by atoms with Gasteiger partial charge in [0.05, 0.1) is 10.6 Å². The van der Waals surface area contributed by atoms with Crippen molar-refractivity contribution in [3.8, 4) is 0 Å². The Morgan fingerprint density at radius 2 is 1.95 bits per heavy atom. The molecular weight excluding hydrogens is 293 g/mol. The van der Waals surface area contributed by atoms with Gasteiger partial charge in [0.15, 0.2) is 5.82 Å². The van der Waals surface area contributed by atoms with E-state index in [1.165, 1.54) is 22.5 Å². The first-order valence-electron chi connectivity index (χ1n) is 5.91. The fourth-order valence-corrected chi connectivity index (χ4v) is 3.79. The summed E-state index contributed by atoms with van der Waals surface area (Å²) in [6, 6.07) is 3.90. The zero-order chi connectivity index (χ0) is 14.3. The lowest BCUT2D eigenvalue weighted by atomic mass is 9.95. The van der Waals surface area contributed by atoms with Crippen molar-refractivity contribution in [2.75, 3.05) is 13.1 Å². The van der Waals surface area contributed by atoms with Crippen molar-refractivity contribution >= 4 is 21.6 Å². The van der Waals surface area contributed by atoms with Crippen LogP contribution in [0.3, 0.4) is 0 Å². The molecule has 1 aromatic rings. The summed E-state index contributed by atoms with van der Waals surface area (Å²) in [6.07, 6.45) is 0.656. The van der Waals surface area contributed by atoms with Crippen LogP contribution in [0.4, 0.5) is 4.39 Å². The van der Waals surface area contributed by atoms with Crippen molar-refractivity contribution in [1.29, 1.82) is 0 Å². The SMILES string of the molecule is CC1(O)CCN(S(=O)(=O)c2cccc(Cl)c2F)CC1. The van der Waals surface area contributed by atoms with Gasteiger partial charge in [0.1, 0.15) is 4.90 Å². The number of benzene rings is 1. The molecule has 1 N–H and O–H groups in total. The van der Waals surface area contributed by atoms with E-state index >= 15 is 0 Å². The number of rotatable bonds is 2. The summed E-state index contributed by atoms with van der Waals surface area (Å²) in [5.74, 6) is -0.929. The van der Waals surface area contributed by atoms with Crippen molar-refractivity contribution in [2.45, 2.75) is 30.3 Å². The predicted molar refractivity (Wildman–Crippen MR) is 70.0 cm³/mol. The van der Waals surface area contributed by atoms with Crippen molar-refractivity contribution in [2.24, 2.45) is 0 Å². The average molecular weight is 308 g/mol. The van der Waals surface area contributed by atoms with E-state index in [4.69, 9.17) is 11.6 Å². The van der Waals surface area contributed by atoms with Crippen LogP contribution in [-0.4, -0.2) is 36.5 Å². The molecule has 2 rings (SSSR count). The minimum atomic E-state index is -3.90. The summed E-state index contributed by atoms with van der Waals surface area (Å²) < 4.78 is 39.6. The van der Waals surface area contributed by atoms with E-state index < -0.39 is 26.3 Å². The molecular formula is C12H15ClFNO3S. The van der Waals surface area contributed by atoms with Crippen LogP contribution in [0.15, 0.2) is 23.1 Å². The third-order valence-electron chi connectivity index (χ3n) is 3.33. The summed E-state index contributed by atoms with van der Waals surface area (Å²) in [5.41, 5.74) is -0.862. The Hall–Kier alpha value is -0.690. The molecule has 0 radical (unpaired) electrons. The van der Waals surface area contributed by atoms with Crippen LogP contribution in [0.5, 0.6) is 0 Å². The topological polar surface area (TPSA) is 57.6 Å². The van der Waals surface area contributed by atoms with E-state index in [2.05, 4.69) is 0 Å². The molecule has 0 saturated carbocycles. The smallest absolute Gasteiger partial charge is 0.246 e. The highest BCUT2D eigenvalue weighted by molar-refractivity contribution is 7.89. The van der Waals surface area contributed by atoms with Crippen LogP contribution >= 0.6 is 11.6 Å². The highest BCUT2D eigenvalue weighted by Gasteiger charge is 2.35. The molecule has 0 amide bonds. The standard InChI is InChI=1S/C12H15ClFNO3S/c1-12(16)5-7-15(8-6-12)19(17,18)10-4-2-3-9(13)11(10)14/h2-4,16H,5-8H2,1H3. The van der Waals surface area contributed by atoms with Crippen LogP contribution in [-0.2, 0) is 10.0 Å². The molecule has 7 heteroatoms. The third-order valence-corrected chi connectivity index (χ3v) is 5.54. The second-order valence-corrected chi connectivity index (χ2v) is 7.27. The molecule has 0 unspecified atom stereocenters. The van der Waals surface area contributed by atoms with Crippen molar-refractivity contribution in [3.05, 3.63) is 29.0 Å². The monoisotopic (exact) mass is 307 g/mol. The second-order valence-electron chi connectivity index (χ2n) is 4.95. The molecule has 1 aliphatic heterocycles. The van der Waals surface area contributed by atoms with Gasteiger partial charge >= 0.3 is 0 Å². The number of nitrogens with zero attached hydrogens (tertiary/aromatic N) is 1. The second kappa shape index (κ2) is 5.01. The molecule has 4 nitrogen and oxygen atoms in total. The van der Waals surface area contributed by atoms with Crippen LogP contribution in [0.1, 0.15) is 19.8 Å². The zero-order valence-electron chi connectivity index (χ0n) is 10.4. The van der Waals surface area contributed by atoms with E-state index in [0.717, 1.165) is 0 Å². The first-order chi connectivity index (χ1) is 8.74. The first kappa shape index (κ1) is 14.7. The molecule has 1 aliphatic rings. The molecule has 1 saturated heterocycles. The normalized spacial score (nSPS) is 20.4. The van der Waals surface area contributed by atoms with E-state index in [1.54, 1.807) is 6.92 Å². The van der Waals surface area contributed by atoms with E-state index in [0.29, 0.717) is 12.8 Å². The largest absolute Gasteiger partial charge is 0.390 e. The Morgan fingerprint density at radius 3 is 2.53 bits per heavy atom. The van der Waals surface area contributed by atoms with Crippen LogP contribution < -0.4 is 0 Å². The summed E-state index contributed by atoms with van der Waals surface area (Å²) in [4.78, 5) is -0.415. The summed E-state index contributed by atoms with van der Waals surface area (Å²) in [7, 11) is -3.90. The highest BCUT2D eigenvalue weighted by atomic mass is 35.5. The number of aliphatic hydroxyl groups is 1. The number of sulfonamides is 1.